The Hall–Kier alpha value is -3.09. The van der Waals surface area contributed by atoms with Crippen LogP contribution < -0.4 is 5.73 Å². The number of carbonyl (C=O) groups excluding carboxylic acids is 2. The normalized spacial score (nSPS) is 22.6. The van der Waals surface area contributed by atoms with Gasteiger partial charge in [0.1, 0.15) is 11.4 Å². The molecule has 2 aromatic rings. The monoisotopic (exact) mass is 548 g/mol. The molecule has 200 valence electrons. The molecule has 0 radical (unpaired) electrons. The fraction of sp³-hybridized carbons (Fsp3) is 0.417. The molecule has 2 aliphatic rings. The standard InChI is InChI=1S/C24H22F6N2O4S/c1-37(35,36)16-4-2-3-14(9-16)20(33)32-12-22(26,27)11-23(32,21(31)34)19(13-5-6-13)17-8-7-15(10-18(17)25)24(28,29)30/h2-4,7-10,13,19H,5-6,11-12H2,1H3,(H2,31,34)/t19-,23+/m1/s1. The van der Waals surface area contributed by atoms with E-state index in [1.807, 2.05) is 0 Å². The largest absolute Gasteiger partial charge is 0.416 e. The van der Waals surface area contributed by atoms with E-state index in [2.05, 4.69) is 0 Å². The van der Waals surface area contributed by atoms with E-state index in [9.17, 15) is 40.0 Å². The van der Waals surface area contributed by atoms with Crippen LogP contribution >= 0.6 is 0 Å². The first-order valence-corrected chi connectivity index (χ1v) is 13.0. The van der Waals surface area contributed by atoms with Crippen molar-refractivity contribution in [3.8, 4) is 0 Å². The number of nitrogens with two attached hydrogens (primary N) is 1. The second-order valence-electron chi connectivity index (χ2n) is 9.56. The topological polar surface area (TPSA) is 97.5 Å². The molecule has 37 heavy (non-hydrogen) atoms. The number of alkyl halides is 5. The third-order valence-electron chi connectivity index (χ3n) is 6.85. The van der Waals surface area contributed by atoms with E-state index in [-0.39, 0.29) is 16.5 Å². The minimum atomic E-state index is -4.87. The highest BCUT2D eigenvalue weighted by molar-refractivity contribution is 7.90. The zero-order valence-electron chi connectivity index (χ0n) is 19.4. The molecule has 2 amide bonds. The maximum atomic E-state index is 15.1. The van der Waals surface area contributed by atoms with Gasteiger partial charge in [0.2, 0.25) is 5.91 Å². The van der Waals surface area contributed by atoms with Gasteiger partial charge in [-0.05, 0) is 54.7 Å². The molecular formula is C24H22F6N2O4S. The summed E-state index contributed by atoms with van der Waals surface area (Å²) in [5.74, 6) is -9.58. The van der Waals surface area contributed by atoms with Crippen LogP contribution in [0.2, 0.25) is 0 Å². The van der Waals surface area contributed by atoms with Gasteiger partial charge in [-0.1, -0.05) is 12.1 Å². The molecule has 1 saturated carbocycles. The summed E-state index contributed by atoms with van der Waals surface area (Å²) in [7, 11) is -3.79. The van der Waals surface area contributed by atoms with Crippen molar-refractivity contribution in [1.29, 1.82) is 0 Å². The van der Waals surface area contributed by atoms with E-state index in [1.165, 1.54) is 18.2 Å². The maximum Gasteiger partial charge on any atom is 0.416 e. The molecule has 1 heterocycles. The summed E-state index contributed by atoms with van der Waals surface area (Å²) in [5, 5.41) is 0. The summed E-state index contributed by atoms with van der Waals surface area (Å²) in [4.78, 5) is 26.7. The quantitative estimate of drug-likeness (QED) is 0.549. The lowest BCUT2D eigenvalue weighted by atomic mass is 9.72. The van der Waals surface area contributed by atoms with Crippen molar-refractivity contribution in [2.45, 2.75) is 47.7 Å². The van der Waals surface area contributed by atoms with Gasteiger partial charge in [0.05, 0.1) is 17.0 Å². The van der Waals surface area contributed by atoms with Crippen LogP contribution in [-0.2, 0) is 20.8 Å². The Morgan fingerprint density at radius 1 is 1.11 bits per heavy atom. The van der Waals surface area contributed by atoms with E-state index in [1.54, 1.807) is 0 Å². The molecule has 6 nitrogen and oxygen atoms in total. The van der Waals surface area contributed by atoms with Gasteiger partial charge in [-0.3, -0.25) is 9.59 Å². The average molecular weight is 549 g/mol. The smallest absolute Gasteiger partial charge is 0.368 e. The molecule has 2 aromatic carbocycles. The number of amides is 2. The summed E-state index contributed by atoms with van der Waals surface area (Å²) in [6, 6.07) is 6.13. The van der Waals surface area contributed by atoms with Crippen molar-refractivity contribution in [3.05, 3.63) is 65.0 Å². The number of likely N-dealkylation sites (tertiary alicyclic amines) is 1. The minimum absolute atomic E-state index is 0.217. The average Bonchev–Trinajstić information content (AvgIpc) is 3.56. The molecular weight excluding hydrogens is 526 g/mol. The number of sulfone groups is 1. The van der Waals surface area contributed by atoms with Gasteiger partial charge in [-0.25, -0.2) is 21.6 Å². The number of benzene rings is 2. The predicted octanol–water partition coefficient (Wildman–Crippen LogP) is 4.15. The lowest BCUT2D eigenvalue weighted by molar-refractivity contribution is -0.138. The van der Waals surface area contributed by atoms with E-state index < -0.39 is 81.0 Å². The summed E-state index contributed by atoms with van der Waals surface area (Å²) >= 11 is 0. The number of halogens is 6. The number of rotatable bonds is 6. The lowest BCUT2D eigenvalue weighted by Crippen LogP contribution is -2.60. The number of hydrogen-bond donors (Lipinski definition) is 1. The van der Waals surface area contributed by atoms with Crippen molar-refractivity contribution < 1.29 is 44.3 Å². The Morgan fingerprint density at radius 2 is 1.76 bits per heavy atom. The molecule has 1 saturated heterocycles. The van der Waals surface area contributed by atoms with Crippen LogP contribution in [0, 0.1) is 11.7 Å². The number of nitrogens with zero attached hydrogens (tertiary/aromatic N) is 1. The van der Waals surface area contributed by atoms with E-state index in [0.29, 0.717) is 23.8 Å². The molecule has 2 N–H and O–H groups in total. The summed E-state index contributed by atoms with van der Waals surface area (Å²) in [6.45, 7) is -1.27. The van der Waals surface area contributed by atoms with E-state index in [0.717, 1.165) is 18.4 Å². The fourth-order valence-electron chi connectivity index (χ4n) is 5.12. The van der Waals surface area contributed by atoms with Crippen LogP contribution in [0.15, 0.2) is 47.4 Å². The van der Waals surface area contributed by atoms with Crippen LogP contribution in [0.5, 0.6) is 0 Å². The number of carbonyl (C=O) groups is 2. The summed E-state index contributed by atoms with van der Waals surface area (Å²) in [6.07, 6.45) is -4.57. The molecule has 0 unspecified atom stereocenters. The van der Waals surface area contributed by atoms with Crippen LogP contribution in [0.25, 0.3) is 0 Å². The molecule has 0 aromatic heterocycles. The SMILES string of the molecule is CS(=O)(=O)c1cccc(C(=O)N2CC(F)(F)C[C@@]2(C(N)=O)[C@@H](c2ccc(C(F)(F)F)cc2F)C2CC2)c1. The van der Waals surface area contributed by atoms with E-state index >= 15 is 4.39 Å². The third-order valence-corrected chi connectivity index (χ3v) is 7.96. The van der Waals surface area contributed by atoms with Crippen LogP contribution in [0.1, 0.15) is 46.7 Å². The summed E-state index contributed by atoms with van der Waals surface area (Å²) < 4.78 is 108. The first kappa shape index (κ1) is 27.0. The molecule has 0 bridgehead atoms. The fourth-order valence-corrected chi connectivity index (χ4v) is 5.79. The maximum absolute atomic E-state index is 15.1. The van der Waals surface area contributed by atoms with Crippen molar-refractivity contribution >= 4 is 21.7 Å². The van der Waals surface area contributed by atoms with Crippen molar-refractivity contribution in [3.63, 3.8) is 0 Å². The highest BCUT2D eigenvalue weighted by Gasteiger charge is 2.66. The molecule has 13 heteroatoms. The predicted molar refractivity (Wildman–Crippen MR) is 119 cm³/mol. The Bertz CT molecular complexity index is 1370. The molecule has 1 aliphatic heterocycles. The van der Waals surface area contributed by atoms with E-state index in [4.69, 9.17) is 5.73 Å². The third kappa shape index (κ3) is 4.92. The second-order valence-corrected chi connectivity index (χ2v) is 11.6. The Balaban J connectivity index is 1.89. The molecule has 0 spiro atoms. The zero-order chi connectivity index (χ0) is 27.6. The number of primary amides is 1. The van der Waals surface area contributed by atoms with Gasteiger partial charge < -0.3 is 10.6 Å². The lowest BCUT2D eigenvalue weighted by Gasteiger charge is -2.42. The highest BCUT2D eigenvalue weighted by atomic mass is 32.2. The van der Waals surface area contributed by atoms with Crippen molar-refractivity contribution in [2.75, 3.05) is 12.8 Å². The molecule has 4 rings (SSSR count). The molecule has 2 atom stereocenters. The van der Waals surface area contributed by atoms with Crippen LogP contribution in [0.4, 0.5) is 26.3 Å². The Kier molecular flexibility index (Phi) is 6.37. The minimum Gasteiger partial charge on any atom is -0.368 e. The van der Waals surface area contributed by atoms with Gasteiger partial charge in [0.15, 0.2) is 9.84 Å². The van der Waals surface area contributed by atoms with Gasteiger partial charge in [0, 0.05) is 24.2 Å². The Labute approximate surface area is 208 Å². The van der Waals surface area contributed by atoms with Gasteiger partial charge in [-0.15, -0.1) is 0 Å². The van der Waals surface area contributed by atoms with Crippen molar-refractivity contribution in [2.24, 2.45) is 11.7 Å². The molecule has 1 aliphatic carbocycles. The number of hydrogen-bond acceptors (Lipinski definition) is 4. The molecule has 2 fully saturated rings. The van der Waals surface area contributed by atoms with Gasteiger partial charge >= 0.3 is 6.18 Å². The summed E-state index contributed by atoms with van der Waals surface area (Å²) in [5.41, 5.74) is 1.10. The van der Waals surface area contributed by atoms with Crippen LogP contribution in [-0.4, -0.2) is 49.4 Å². The first-order valence-electron chi connectivity index (χ1n) is 11.1. The van der Waals surface area contributed by atoms with Crippen LogP contribution in [0.3, 0.4) is 0 Å². The van der Waals surface area contributed by atoms with Crippen molar-refractivity contribution in [1.82, 2.24) is 4.90 Å². The Morgan fingerprint density at radius 3 is 2.27 bits per heavy atom. The highest BCUT2D eigenvalue weighted by Crippen LogP contribution is 2.57. The van der Waals surface area contributed by atoms with Gasteiger partial charge in [-0.2, -0.15) is 13.2 Å². The van der Waals surface area contributed by atoms with Gasteiger partial charge in [0.25, 0.3) is 11.8 Å². The first-order chi connectivity index (χ1) is 17.0. The zero-order valence-corrected chi connectivity index (χ0v) is 20.2. The second kappa shape index (κ2) is 8.74.